The van der Waals surface area contributed by atoms with Crippen LogP contribution in [0.3, 0.4) is 0 Å². The van der Waals surface area contributed by atoms with Crippen molar-refractivity contribution in [3.63, 3.8) is 0 Å². The molecule has 264 valence electrons. The highest BCUT2D eigenvalue weighted by atomic mass is 32.3. The molecule has 1 unspecified atom stereocenters. The molecule has 5 atom stereocenters. The zero-order chi connectivity index (χ0) is 33.8. The van der Waals surface area contributed by atoms with Crippen LogP contribution in [0.25, 0.3) is 0 Å². The van der Waals surface area contributed by atoms with Gasteiger partial charge in [0.2, 0.25) is 0 Å². The number of ether oxygens (including phenoxy) is 1. The van der Waals surface area contributed by atoms with Gasteiger partial charge >= 0.3 is 37.2 Å². The van der Waals surface area contributed by atoms with E-state index in [1.807, 2.05) is 0 Å². The zero-order valence-corrected chi connectivity index (χ0v) is 28.9. The third kappa shape index (κ3) is 24.3. The summed E-state index contributed by atoms with van der Waals surface area (Å²) in [5.41, 5.74) is 0. The number of carbonyl (C=O) groups excluding carboxylic acids is 1. The lowest BCUT2D eigenvalue weighted by atomic mass is 9.86. The van der Waals surface area contributed by atoms with Crippen molar-refractivity contribution in [3.8, 4) is 0 Å². The normalized spacial score (nSPS) is 16.2. The standard InChI is InChI=1S/C27H54O14S3/c1-5-7-8-9-10-11-12-13-14-15-16-17-18-19-24(39-42(29,30)31)20-26(28)38-21-25(40-43(32,33)34)27(41-44(35,36)37)23(4)22(3)6-2/h22-25,27H,5-21H2,1-4H3,(H,29,30,31)(H,32,33,34)(H,35,36,37)/t22-,23-,24?,25-,27+/m0/s1. The van der Waals surface area contributed by atoms with Gasteiger partial charge in [-0.3, -0.25) is 18.5 Å². The topological polar surface area (TPSA) is 217 Å². The minimum Gasteiger partial charge on any atom is -0.463 e. The van der Waals surface area contributed by atoms with E-state index in [9.17, 15) is 39.2 Å². The summed E-state index contributed by atoms with van der Waals surface area (Å²) in [7, 11) is -15.2. The lowest BCUT2D eigenvalue weighted by Gasteiger charge is -2.31. The van der Waals surface area contributed by atoms with Crippen molar-refractivity contribution in [2.75, 3.05) is 6.61 Å². The first-order valence-electron chi connectivity index (χ1n) is 15.5. The van der Waals surface area contributed by atoms with Crippen LogP contribution in [-0.2, 0) is 53.3 Å². The van der Waals surface area contributed by atoms with Crippen LogP contribution in [0.5, 0.6) is 0 Å². The third-order valence-electron chi connectivity index (χ3n) is 7.59. The predicted octanol–water partition coefficient (Wildman–Crippen LogP) is 5.65. The Hall–Kier alpha value is -0.920. The summed E-state index contributed by atoms with van der Waals surface area (Å²) in [6.45, 7) is 6.18. The molecule has 0 aromatic rings. The van der Waals surface area contributed by atoms with Crippen LogP contribution in [-0.4, -0.2) is 69.8 Å². The monoisotopic (exact) mass is 698 g/mol. The Morgan fingerprint density at radius 1 is 0.636 bits per heavy atom. The fourth-order valence-electron chi connectivity index (χ4n) is 4.82. The zero-order valence-electron chi connectivity index (χ0n) is 26.5. The number of carbonyl (C=O) groups is 1. The van der Waals surface area contributed by atoms with Crippen molar-refractivity contribution in [3.05, 3.63) is 0 Å². The van der Waals surface area contributed by atoms with E-state index in [-0.39, 0.29) is 12.3 Å². The molecule has 0 aliphatic rings. The average Bonchev–Trinajstić information content (AvgIpc) is 2.89. The van der Waals surface area contributed by atoms with E-state index in [0.717, 1.165) is 32.1 Å². The molecule has 0 rings (SSSR count). The molecule has 0 amide bonds. The van der Waals surface area contributed by atoms with Gasteiger partial charge in [-0.05, 0) is 18.3 Å². The maximum Gasteiger partial charge on any atom is 0.397 e. The molecule has 0 fully saturated rings. The van der Waals surface area contributed by atoms with E-state index >= 15 is 0 Å². The van der Waals surface area contributed by atoms with E-state index in [2.05, 4.69) is 19.5 Å². The van der Waals surface area contributed by atoms with Gasteiger partial charge < -0.3 is 4.74 Å². The molecule has 0 saturated heterocycles. The minimum atomic E-state index is -5.20. The summed E-state index contributed by atoms with van der Waals surface area (Å²) >= 11 is 0. The molecular weight excluding hydrogens is 644 g/mol. The molecule has 0 radical (unpaired) electrons. The van der Waals surface area contributed by atoms with Crippen molar-refractivity contribution < 1.29 is 61.0 Å². The Kier molecular flexibility index (Phi) is 22.1. The first kappa shape index (κ1) is 43.1. The highest BCUT2D eigenvalue weighted by Gasteiger charge is 2.38. The van der Waals surface area contributed by atoms with Gasteiger partial charge in [0, 0.05) is 0 Å². The molecule has 17 heteroatoms. The molecule has 0 bridgehead atoms. The summed E-state index contributed by atoms with van der Waals surface area (Å²) in [6.07, 6.45) is 9.25. The van der Waals surface area contributed by atoms with Crippen LogP contribution < -0.4 is 0 Å². The first-order chi connectivity index (χ1) is 20.4. The number of esters is 1. The molecule has 0 aromatic carbocycles. The lowest BCUT2D eigenvalue weighted by Crippen LogP contribution is -2.44. The number of rotatable bonds is 28. The predicted molar refractivity (Wildman–Crippen MR) is 164 cm³/mol. The molecule has 44 heavy (non-hydrogen) atoms. The third-order valence-corrected chi connectivity index (χ3v) is 9.07. The molecule has 14 nitrogen and oxygen atoms in total. The van der Waals surface area contributed by atoms with Gasteiger partial charge in [0.15, 0.2) is 0 Å². The van der Waals surface area contributed by atoms with Crippen molar-refractivity contribution >= 4 is 37.2 Å². The molecule has 0 saturated carbocycles. The van der Waals surface area contributed by atoms with E-state index in [4.69, 9.17) is 9.29 Å². The summed E-state index contributed by atoms with van der Waals surface area (Å²) < 4.78 is 115. The molecular formula is C27H54O14S3. The van der Waals surface area contributed by atoms with Crippen molar-refractivity contribution in [2.45, 2.75) is 149 Å². The Labute approximate surface area is 264 Å². The molecule has 3 N–H and O–H groups in total. The first-order valence-corrected chi connectivity index (χ1v) is 19.6. The average molecular weight is 699 g/mol. The van der Waals surface area contributed by atoms with Crippen LogP contribution in [0.15, 0.2) is 0 Å². The van der Waals surface area contributed by atoms with Gasteiger partial charge in [0.25, 0.3) is 0 Å². The SMILES string of the molecule is CCCCCCCCCCCCCCCC(CC(=O)OC[C@H](OS(=O)(=O)O)[C@H](OS(=O)(=O)O)[C@@H](C)[C@@H](C)CC)OS(=O)(=O)O. The van der Waals surface area contributed by atoms with Gasteiger partial charge in [-0.1, -0.05) is 118 Å². The summed E-state index contributed by atoms with van der Waals surface area (Å²) in [6, 6.07) is 0. The second kappa shape index (κ2) is 22.6. The summed E-state index contributed by atoms with van der Waals surface area (Å²) in [5, 5.41) is 0. The van der Waals surface area contributed by atoms with Gasteiger partial charge in [-0.25, -0.2) is 12.5 Å². The maximum absolute atomic E-state index is 12.6. The highest BCUT2D eigenvalue weighted by Crippen LogP contribution is 2.27. The van der Waals surface area contributed by atoms with Crippen LogP contribution in [0.2, 0.25) is 0 Å². The molecule has 0 heterocycles. The lowest BCUT2D eigenvalue weighted by molar-refractivity contribution is -0.150. The van der Waals surface area contributed by atoms with Crippen LogP contribution in [0, 0.1) is 11.8 Å². The van der Waals surface area contributed by atoms with E-state index in [1.165, 1.54) is 51.9 Å². The van der Waals surface area contributed by atoms with Crippen molar-refractivity contribution in [1.29, 1.82) is 0 Å². The number of hydrogen-bond acceptors (Lipinski definition) is 11. The van der Waals surface area contributed by atoms with Gasteiger partial charge in [0.05, 0.1) is 12.5 Å². The highest BCUT2D eigenvalue weighted by molar-refractivity contribution is 7.81. The summed E-state index contributed by atoms with van der Waals surface area (Å²) in [5.74, 6) is -2.16. The molecule has 0 aromatic heterocycles. The molecule has 0 spiro atoms. The van der Waals surface area contributed by atoms with E-state index in [1.54, 1.807) is 13.8 Å². The minimum absolute atomic E-state index is 0.0944. The van der Waals surface area contributed by atoms with Crippen molar-refractivity contribution in [2.24, 2.45) is 11.8 Å². The number of unbranched alkanes of at least 4 members (excludes halogenated alkanes) is 12. The second-order valence-electron chi connectivity index (χ2n) is 11.4. The number of hydrogen-bond donors (Lipinski definition) is 3. The molecule has 0 aliphatic carbocycles. The summed E-state index contributed by atoms with van der Waals surface area (Å²) in [4.78, 5) is 12.6. The fraction of sp³-hybridized carbons (Fsp3) is 0.963. The Morgan fingerprint density at radius 3 is 1.48 bits per heavy atom. The van der Waals surface area contributed by atoms with Gasteiger partial charge in [-0.15, -0.1) is 0 Å². The Bertz CT molecular complexity index is 1090. The van der Waals surface area contributed by atoms with Crippen LogP contribution in [0.1, 0.15) is 130 Å². The fourth-order valence-corrected chi connectivity index (χ4v) is 6.39. The second-order valence-corrected chi connectivity index (χ2v) is 14.5. The quantitative estimate of drug-likeness (QED) is 0.0511. The Balaban J connectivity index is 5.02. The van der Waals surface area contributed by atoms with Crippen LogP contribution in [0.4, 0.5) is 0 Å². The van der Waals surface area contributed by atoms with E-state index < -0.39 is 74.4 Å². The van der Waals surface area contributed by atoms with Gasteiger partial charge in [0.1, 0.15) is 18.8 Å². The van der Waals surface area contributed by atoms with Crippen LogP contribution >= 0.6 is 0 Å². The molecule has 0 aliphatic heterocycles. The van der Waals surface area contributed by atoms with Crippen molar-refractivity contribution in [1.82, 2.24) is 0 Å². The van der Waals surface area contributed by atoms with E-state index in [0.29, 0.717) is 12.8 Å². The maximum atomic E-state index is 12.6. The van der Waals surface area contributed by atoms with Gasteiger partial charge in [-0.2, -0.15) is 25.3 Å². The Morgan fingerprint density at radius 2 is 1.07 bits per heavy atom. The largest absolute Gasteiger partial charge is 0.463 e. The smallest absolute Gasteiger partial charge is 0.397 e.